The van der Waals surface area contributed by atoms with Crippen LogP contribution >= 0.6 is 0 Å². The molecule has 0 saturated carbocycles. The first-order valence-electron chi connectivity index (χ1n) is 4.58. The highest BCUT2D eigenvalue weighted by Gasteiger charge is 2.11. The Morgan fingerprint density at radius 3 is 2.67 bits per heavy atom. The average Bonchev–Trinajstić information content (AvgIpc) is 2.31. The minimum absolute atomic E-state index is 0.532. The smallest absolute Gasteiger partial charge is 0.246 e. The summed E-state index contributed by atoms with van der Waals surface area (Å²) in [6, 6.07) is 9.78. The van der Waals surface area contributed by atoms with Crippen LogP contribution in [0, 0.1) is 0 Å². The van der Waals surface area contributed by atoms with Gasteiger partial charge in [0.05, 0.1) is 7.11 Å². The molecule has 0 atom stereocenters. The Bertz CT molecular complexity index is 457. The molecule has 0 radical (unpaired) electrons. The van der Waals surface area contributed by atoms with Crippen LogP contribution in [0.25, 0.3) is 5.69 Å². The van der Waals surface area contributed by atoms with Crippen LogP contribution in [-0.2, 0) is 0 Å². The highest BCUT2D eigenvalue weighted by atomic mass is 16.5. The summed E-state index contributed by atoms with van der Waals surface area (Å²) in [6.45, 7) is 0. The number of nitrogens with two attached hydrogens (primary N) is 1. The van der Waals surface area contributed by atoms with Gasteiger partial charge in [-0.15, -0.1) is 0 Å². The number of hydrogen-bond acceptors (Lipinski definition) is 3. The van der Waals surface area contributed by atoms with Gasteiger partial charge in [-0.25, -0.2) is 0 Å². The molecule has 2 aromatic rings. The van der Waals surface area contributed by atoms with Crippen molar-refractivity contribution in [3.05, 3.63) is 42.7 Å². The quantitative estimate of drug-likeness (QED) is 0.738. The normalized spacial score (nSPS) is 9.93. The SMILES string of the molecule is COc1c[n+](-c2ccccc2)ncc1N. The third kappa shape index (κ3) is 1.88. The summed E-state index contributed by atoms with van der Waals surface area (Å²) in [4.78, 5) is 0. The zero-order chi connectivity index (χ0) is 10.7. The molecule has 0 fully saturated rings. The van der Waals surface area contributed by atoms with E-state index >= 15 is 0 Å². The molecule has 15 heavy (non-hydrogen) atoms. The fourth-order valence-corrected chi connectivity index (χ4v) is 1.30. The summed E-state index contributed by atoms with van der Waals surface area (Å²) in [5, 5.41) is 4.17. The molecule has 4 heteroatoms. The van der Waals surface area contributed by atoms with Crippen LogP contribution in [0.15, 0.2) is 42.7 Å². The number of hydrogen-bond donors (Lipinski definition) is 1. The molecule has 2 N–H and O–H groups in total. The Morgan fingerprint density at radius 2 is 2.00 bits per heavy atom. The standard InChI is InChI=1S/C11H11N3O/c1-15-11-8-14(13-7-10(11)12)9-5-3-2-4-6-9/h2-8,12H,1H3/p+1. The molecule has 1 aromatic carbocycles. The number of para-hydroxylation sites is 1. The Balaban J connectivity index is 2.46. The molecule has 1 heterocycles. The van der Waals surface area contributed by atoms with Gasteiger partial charge < -0.3 is 10.5 Å². The molecule has 2 rings (SSSR count). The maximum Gasteiger partial charge on any atom is 0.246 e. The molecule has 0 amide bonds. The van der Waals surface area contributed by atoms with Gasteiger partial charge >= 0.3 is 0 Å². The van der Waals surface area contributed by atoms with E-state index in [9.17, 15) is 0 Å². The lowest BCUT2D eigenvalue weighted by atomic mass is 10.3. The van der Waals surface area contributed by atoms with E-state index in [0.29, 0.717) is 11.4 Å². The zero-order valence-electron chi connectivity index (χ0n) is 8.42. The summed E-state index contributed by atoms with van der Waals surface area (Å²) in [7, 11) is 1.58. The molecular formula is C11H12N3O+. The molecule has 76 valence electrons. The van der Waals surface area contributed by atoms with Gasteiger partial charge in [-0.3, -0.25) is 0 Å². The largest absolute Gasteiger partial charge is 0.489 e. The predicted molar refractivity (Wildman–Crippen MR) is 56.7 cm³/mol. The highest BCUT2D eigenvalue weighted by Crippen LogP contribution is 2.15. The summed E-state index contributed by atoms with van der Waals surface area (Å²) >= 11 is 0. The minimum atomic E-state index is 0.532. The molecular weight excluding hydrogens is 190 g/mol. The van der Waals surface area contributed by atoms with Crippen molar-refractivity contribution in [2.75, 3.05) is 12.8 Å². The first-order chi connectivity index (χ1) is 7.31. The summed E-state index contributed by atoms with van der Waals surface area (Å²) < 4.78 is 6.84. The van der Waals surface area contributed by atoms with Crippen LogP contribution in [0.2, 0.25) is 0 Å². The van der Waals surface area contributed by atoms with E-state index < -0.39 is 0 Å². The fourth-order valence-electron chi connectivity index (χ4n) is 1.30. The van der Waals surface area contributed by atoms with Crippen LogP contribution in [0.1, 0.15) is 0 Å². The number of ether oxygens (including phenoxy) is 1. The third-order valence-corrected chi connectivity index (χ3v) is 2.09. The van der Waals surface area contributed by atoms with Crippen molar-refractivity contribution in [1.29, 1.82) is 0 Å². The number of nitrogen functional groups attached to an aromatic ring is 1. The van der Waals surface area contributed by atoms with Gasteiger partial charge in [0.25, 0.3) is 0 Å². The monoisotopic (exact) mass is 202 g/mol. The van der Waals surface area contributed by atoms with E-state index in [4.69, 9.17) is 10.5 Å². The fraction of sp³-hybridized carbons (Fsp3) is 0.0909. The van der Waals surface area contributed by atoms with Crippen LogP contribution in [0.5, 0.6) is 5.75 Å². The number of aromatic nitrogens is 2. The molecule has 4 nitrogen and oxygen atoms in total. The summed E-state index contributed by atoms with van der Waals surface area (Å²) in [5.41, 5.74) is 7.18. The molecule has 0 bridgehead atoms. The average molecular weight is 202 g/mol. The summed E-state index contributed by atoms with van der Waals surface area (Å²) in [6.07, 6.45) is 3.33. The van der Waals surface area contributed by atoms with Crippen molar-refractivity contribution in [1.82, 2.24) is 5.10 Å². The Hall–Kier alpha value is -2.10. The third-order valence-electron chi connectivity index (χ3n) is 2.09. The first-order valence-corrected chi connectivity index (χ1v) is 4.58. The molecule has 0 aliphatic carbocycles. The van der Waals surface area contributed by atoms with Gasteiger partial charge in [-0.2, -0.15) is 0 Å². The van der Waals surface area contributed by atoms with Gasteiger partial charge in [0.15, 0.2) is 0 Å². The number of nitrogens with zero attached hydrogens (tertiary/aromatic N) is 2. The van der Waals surface area contributed by atoms with Crippen molar-refractivity contribution in [2.45, 2.75) is 0 Å². The van der Waals surface area contributed by atoms with E-state index in [0.717, 1.165) is 5.69 Å². The minimum Gasteiger partial charge on any atom is -0.489 e. The zero-order valence-corrected chi connectivity index (χ0v) is 8.42. The Morgan fingerprint density at radius 1 is 1.27 bits per heavy atom. The molecule has 0 saturated heterocycles. The van der Waals surface area contributed by atoms with Gasteiger partial charge in [0.2, 0.25) is 17.6 Å². The number of benzene rings is 1. The number of anilines is 1. The van der Waals surface area contributed by atoms with Crippen molar-refractivity contribution >= 4 is 5.69 Å². The molecule has 1 aromatic heterocycles. The van der Waals surface area contributed by atoms with E-state index in [1.807, 2.05) is 30.3 Å². The van der Waals surface area contributed by atoms with Crippen LogP contribution in [0.4, 0.5) is 5.69 Å². The summed E-state index contributed by atoms with van der Waals surface area (Å²) in [5.74, 6) is 0.619. The number of methoxy groups -OCH3 is 1. The molecule has 0 unspecified atom stereocenters. The van der Waals surface area contributed by atoms with Crippen LogP contribution in [0.3, 0.4) is 0 Å². The van der Waals surface area contributed by atoms with Crippen LogP contribution < -0.4 is 15.2 Å². The number of rotatable bonds is 2. The maximum atomic E-state index is 5.68. The molecule has 0 spiro atoms. The Labute approximate surface area is 87.9 Å². The second-order valence-corrected chi connectivity index (χ2v) is 3.08. The van der Waals surface area contributed by atoms with Gasteiger partial charge in [-0.1, -0.05) is 18.2 Å². The maximum absolute atomic E-state index is 5.68. The van der Waals surface area contributed by atoms with Crippen molar-refractivity contribution in [2.24, 2.45) is 0 Å². The second kappa shape index (κ2) is 3.96. The lowest BCUT2D eigenvalue weighted by molar-refractivity contribution is -0.660. The van der Waals surface area contributed by atoms with Crippen molar-refractivity contribution in [3.8, 4) is 11.4 Å². The van der Waals surface area contributed by atoms with E-state index in [1.165, 1.54) is 0 Å². The second-order valence-electron chi connectivity index (χ2n) is 3.08. The van der Waals surface area contributed by atoms with Gasteiger partial charge in [-0.05, 0) is 4.68 Å². The predicted octanol–water partition coefficient (Wildman–Crippen LogP) is 0.949. The Kier molecular flexibility index (Phi) is 2.49. The topological polar surface area (TPSA) is 52.0 Å². The van der Waals surface area contributed by atoms with E-state index in [1.54, 1.807) is 24.2 Å². The first kappa shape index (κ1) is 9.45. The van der Waals surface area contributed by atoms with Crippen molar-refractivity contribution in [3.63, 3.8) is 0 Å². The highest BCUT2D eigenvalue weighted by molar-refractivity contribution is 5.47. The van der Waals surface area contributed by atoms with Crippen molar-refractivity contribution < 1.29 is 9.42 Å². The molecule has 0 aliphatic rings. The lowest BCUT2D eigenvalue weighted by Gasteiger charge is -2.00. The molecule has 0 aliphatic heterocycles. The lowest BCUT2D eigenvalue weighted by Crippen LogP contribution is -2.34. The van der Waals surface area contributed by atoms with Crippen LogP contribution in [-0.4, -0.2) is 12.2 Å². The van der Waals surface area contributed by atoms with E-state index in [-0.39, 0.29) is 0 Å². The van der Waals surface area contributed by atoms with Gasteiger partial charge in [0, 0.05) is 17.2 Å². The van der Waals surface area contributed by atoms with Gasteiger partial charge in [0.1, 0.15) is 11.9 Å². The van der Waals surface area contributed by atoms with E-state index in [2.05, 4.69) is 5.10 Å².